The third kappa shape index (κ3) is 3.83. The second kappa shape index (κ2) is 5.23. The van der Waals surface area contributed by atoms with E-state index in [2.05, 4.69) is 28.4 Å². The van der Waals surface area contributed by atoms with Crippen LogP contribution in [-0.4, -0.2) is 22.8 Å². The molecule has 0 aliphatic heterocycles. The van der Waals surface area contributed by atoms with Crippen molar-refractivity contribution in [3.63, 3.8) is 0 Å². The van der Waals surface area contributed by atoms with Crippen molar-refractivity contribution in [2.24, 2.45) is 0 Å². The Balaban J connectivity index is 2.73. The minimum atomic E-state index is -0.647. The van der Waals surface area contributed by atoms with Gasteiger partial charge in [0.2, 0.25) is 0 Å². The van der Waals surface area contributed by atoms with Gasteiger partial charge in [-0.25, -0.2) is 0 Å². The maximum absolute atomic E-state index is 11.6. The van der Waals surface area contributed by atoms with Gasteiger partial charge in [-0.3, -0.25) is 4.79 Å². The lowest BCUT2D eigenvalue weighted by molar-refractivity contribution is -0.136. The van der Waals surface area contributed by atoms with Crippen molar-refractivity contribution >= 4 is 32.8 Å². The average Bonchev–Trinajstić information content (AvgIpc) is 2.17. The van der Waals surface area contributed by atoms with Crippen LogP contribution in [0.1, 0.15) is 13.8 Å². The number of carbonyl (C=O) groups is 1. The van der Waals surface area contributed by atoms with Crippen LogP contribution < -0.4 is 4.74 Å². The highest BCUT2D eigenvalue weighted by Gasteiger charge is 2.26. The molecule has 0 aromatic heterocycles. The summed E-state index contributed by atoms with van der Waals surface area (Å²) in [5.41, 5.74) is 0. The van der Waals surface area contributed by atoms with Gasteiger partial charge in [0.1, 0.15) is 22.6 Å². The molecule has 0 bridgehead atoms. The highest BCUT2D eigenvalue weighted by molar-refractivity contribution is 9.10. The maximum atomic E-state index is 11.6. The molecule has 0 radical (unpaired) electrons. The summed E-state index contributed by atoms with van der Waals surface area (Å²) < 4.78 is 4.58. The van der Waals surface area contributed by atoms with E-state index in [1.807, 2.05) is 24.3 Å². The highest BCUT2D eigenvalue weighted by Crippen LogP contribution is 2.21. The molecule has 0 saturated heterocycles. The Kier molecular flexibility index (Phi) is 4.44. The third-order valence-electron chi connectivity index (χ3n) is 1.99. The van der Waals surface area contributed by atoms with Crippen molar-refractivity contribution in [1.29, 1.82) is 0 Å². The van der Waals surface area contributed by atoms with Crippen LogP contribution in [0.3, 0.4) is 0 Å². The Hall–Kier alpha value is -0.480. The zero-order chi connectivity index (χ0) is 12.3. The molecule has 4 heteroatoms. The molecule has 0 aliphatic rings. The van der Waals surface area contributed by atoms with Gasteiger partial charge >= 0.3 is 5.97 Å². The van der Waals surface area contributed by atoms with E-state index in [1.165, 1.54) is 4.90 Å². The van der Waals surface area contributed by atoms with E-state index in [4.69, 9.17) is 4.74 Å². The summed E-state index contributed by atoms with van der Waals surface area (Å²) in [6.07, 6.45) is 4.31. The van der Waals surface area contributed by atoms with E-state index >= 15 is 0 Å². The zero-order valence-corrected chi connectivity index (χ0v) is 12.3. The molecule has 0 amide bonds. The van der Waals surface area contributed by atoms with Crippen molar-refractivity contribution in [3.05, 3.63) is 24.3 Å². The van der Waals surface area contributed by atoms with Gasteiger partial charge in [0.05, 0.1) is 0 Å². The molecule has 0 unspecified atom stereocenters. The molecule has 0 heterocycles. The van der Waals surface area contributed by atoms with Crippen LogP contribution in [0.5, 0.6) is 5.75 Å². The van der Waals surface area contributed by atoms with E-state index in [0.29, 0.717) is 5.75 Å². The van der Waals surface area contributed by atoms with Crippen molar-refractivity contribution in [3.8, 4) is 5.75 Å². The largest absolute Gasteiger partial charge is 0.426 e. The Bertz CT molecular complexity index is 366. The summed E-state index contributed by atoms with van der Waals surface area (Å²) in [6.45, 7) is 3.53. The lowest BCUT2D eigenvalue weighted by Crippen LogP contribution is -2.29. The van der Waals surface area contributed by atoms with Crippen LogP contribution in [0.15, 0.2) is 29.2 Å². The molecular formula is C12H16BrO2S+. The van der Waals surface area contributed by atoms with Crippen molar-refractivity contribution in [2.75, 3.05) is 12.5 Å². The predicted molar refractivity (Wildman–Crippen MR) is 72.6 cm³/mol. The summed E-state index contributed by atoms with van der Waals surface area (Å²) >= 11 is 3.27. The molecule has 1 aromatic rings. The summed E-state index contributed by atoms with van der Waals surface area (Å²) in [7, 11) is 0.233. The first kappa shape index (κ1) is 13.6. The smallest absolute Gasteiger partial charge is 0.327 e. The quantitative estimate of drug-likeness (QED) is 0.371. The van der Waals surface area contributed by atoms with E-state index in [1.54, 1.807) is 13.8 Å². The lowest BCUT2D eigenvalue weighted by atomic mass is 10.2. The second-order valence-electron chi connectivity index (χ2n) is 4.15. The Morgan fingerprint density at radius 2 is 1.75 bits per heavy atom. The number of esters is 1. The average molecular weight is 304 g/mol. The van der Waals surface area contributed by atoms with Crippen LogP contribution in [0, 0.1) is 0 Å². The molecule has 0 fully saturated rings. The fourth-order valence-corrected chi connectivity index (χ4v) is 1.77. The minimum absolute atomic E-state index is 0.233. The van der Waals surface area contributed by atoms with Gasteiger partial charge in [-0.2, -0.15) is 0 Å². The Labute approximate surface area is 108 Å². The normalized spacial score (nSPS) is 11.6. The highest BCUT2D eigenvalue weighted by atomic mass is 79.9. The number of carbonyl (C=O) groups excluding carboxylic acids is 1. The summed E-state index contributed by atoms with van der Waals surface area (Å²) in [6, 6.07) is 7.65. The topological polar surface area (TPSA) is 26.3 Å². The van der Waals surface area contributed by atoms with Crippen LogP contribution >= 0.6 is 15.9 Å². The van der Waals surface area contributed by atoms with Crippen molar-refractivity contribution < 1.29 is 9.53 Å². The molecule has 16 heavy (non-hydrogen) atoms. The Morgan fingerprint density at radius 1 is 1.25 bits per heavy atom. The molecule has 0 saturated carbocycles. The monoisotopic (exact) mass is 303 g/mol. The fraction of sp³-hybridized carbons (Fsp3) is 0.417. The first-order valence-corrected chi connectivity index (χ1v) is 7.73. The summed E-state index contributed by atoms with van der Waals surface area (Å²) in [5, 5.41) is 0. The number of alkyl halides is 1. The van der Waals surface area contributed by atoms with Gasteiger partial charge in [-0.15, -0.1) is 0 Å². The number of ether oxygens (including phenoxy) is 1. The molecule has 2 nitrogen and oxygen atoms in total. The zero-order valence-electron chi connectivity index (χ0n) is 9.91. The first-order chi connectivity index (χ1) is 7.30. The standard InChI is InChI=1S/C12H16BrO2S/c1-12(2,13)11(14)15-9-5-7-10(8-6-9)16(3)4/h5-8H,1-4H3/q+1. The van der Waals surface area contributed by atoms with Crippen LogP contribution in [0.2, 0.25) is 0 Å². The summed E-state index contributed by atoms with van der Waals surface area (Å²) in [4.78, 5) is 12.8. The predicted octanol–water partition coefficient (Wildman–Crippen LogP) is 3.00. The molecule has 0 spiro atoms. The van der Waals surface area contributed by atoms with E-state index in [-0.39, 0.29) is 16.9 Å². The molecule has 1 aromatic carbocycles. The third-order valence-corrected chi connectivity index (χ3v) is 3.53. The molecule has 88 valence electrons. The number of hydrogen-bond donors (Lipinski definition) is 0. The first-order valence-electron chi connectivity index (χ1n) is 4.89. The number of hydrogen-bond acceptors (Lipinski definition) is 2. The van der Waals surface area contributed by atoms with Gasteiger partial charge in [-0.05, 0) is 38.1 Å². The van der Waals surface area contributed by atoms with Gasteiger partial charge in [-0.1, -0.05) is 15.9 Å². The van der Waals surface area contributed by atoms with Gasteiger partial charge in [0.25, 0.3) is 0 Å². The Morgan fingerprint density at radius 3 is 2.12 bits per heavy atom. The van der Waals surface area contributed by atoms with Gasteiger partial charge in [0, 0.05) is 10.9 Å². The molecule has 0 aliphatic carbocycles. The molecule has 0 N–H and O–H groups in total. The van der Waals surface area contributed by atoms with E-state index in [0.717, 1.165) is 0 Å². The number of halogens is 1. The molecule has 0 atom stereocenters. The fourth-order valence-electron chi connectivity index (χ4n) is 1.01. The van der Waals surface area contributed by atoms with E-state index in [9.17, 15) is 4.79 Å². The second-order valence-corrected chi connectivity index (χ2v) is 8.24. The van der Waals surface area contributed by atoms with Gasteiger partial charge < -0.3 is 4.74 Å². The molecule has 1 rings (SSSR count). The lowest BCUT2D eigenvalue weighted by Gasteiger charge is -2.14. The van der Waals surface area contributed by atoms with Crippen molar-refractivity contribution in [2.45, 2.75) is 23.1 Å². The number of benzene rings is 1. The number of rotatable bonds is 3. The molecular weight excluding hydrogens is 288 g/mol. The SMILES string of the molecule is C[S+](C)c1ccc(OC(=O)C(C)(C)Br)cc1. The maximum Gasteiger partial charge on any atom is 0.327 e. The van der Waals surface area contributed by atoms with Crippen LogP contribution in [0.4, 0.5) is 0 Å². The minimum Gasteiger partial charge on any atom is -0.426 e. The summed E-state index contributed by atoms with van der Waals surface area (Å²) in [5.74, 6) is 0.305. The van der Waals surface area contributed by atoms with Crippen molar-refractivity contribution in [1.82, 2.24) is 0 Å². The van der Waals surface area contributed by atoms with Crippen LogP contribution in [0.25, 0.3) is 0 Å². The van der Waals surface area contributed by atoms with Crippen LogP contribution in [-0.2, 0) is 15.7 Å². The van der Waals surface area contributed by atoms with Gasteiger partial charge in [0.15, 0.2) is 4.90 Å². The van der Waals surface area contributed by atoms with E-state index < -0.39 is 4.32 Å².